The highest BCUT2D eigenvalue weighted by molar-refractivity contribution is 9.10. The van der Waals surface area contributed by atoms with Gasteiger partial charge in [-0.05, 0) is 24.3 Å². The topological polar surface area (TPSA) is 50.7 Å². The van der Waals surface area contributed by atoms with Gasteiger partial charge in [0.15, 0.2) is 6.61 Å². The molecule has 126 valence electrons. The van der Waals surface area contributed by atoms with E-state index >= 15 is 0 Å². The van der Waals surface area contributed by atoms with Gasteiger partial charge in [-0.15, -0.1) is 0 Å². The van der Waals surface area contributed by atoms with Gasteiger partial charge in [-0.2, -0.15) is 18.3 Å². The molecule has 0 aromatic heterocycles. The second-order valence-corrected chi connectivity index (χ2v) is 5.54. The summed E-state index contributed by atoms with van der Waals surface area (Å²) >= 11 is 3.26. The number of hydrazone groups is 1. The standard InChI is InChI=1S/C16H12BrF3N2O2/c17-12-5-3-6-13(8-12)24-10-15(23)22-21-9-11-4-1-2-7-14(11)16(18,19)20/h1-9H,10H2,(H,22,23)/b21-9-. The van der Waals surface area contributed by atoms with Crippen molar-refractivity contribution < 1.29 is 22.7 Å². The normalized spacial score (nSPS) is 11.5. The number of ether oxygens (including phenoxy) is 1. The molecule has 0 aliphatic carbocycles. The van der Waals surface area contributed by atoms with Gasteiger partial charge >= 0.3 is 6.18 Å². The van der Waals surface area contributed by atoms with Gasteiger partial charge in [0.05, 0.1) is 11.8 Å². The van der Waals surface area contributed by atoms with Crippen LogP contribution in [0.4, 0.5) is 13.2 Å². The molecule has 0 heterocycles. The fraction of sp³-hybridized carbons (Fsp3) is 0.125. The molecule has 2 aromatic carbocycles. The summed E-state index contributed by atoms with van der Waals surface area (Å²) in [5.41, 5.74) is 1.15. The SMILES string of the molecule is O=C(COc1cccc(Br)c1)N/N=C\c1ccccc1C(F)(F)F. The van der Waals surface area contributed by atoms with Gasteiger partial charge < -0.3 is 4.74 Å². The van der Waals surface area contributed by atoms with Crippen LogP contribution in [0.3, 0.4) is 0 Å². The van der Waals surface area contributed by atoms with Gasteiger partial charge in [0, 0.05) is 10.0 Å². The van der Waals surface area contributed by atoms with Crippen molar-refractivity contribution in [3.8, 4) is 5.75 Å². The predicted octanol–water partition coefficient (Wildman–Crippen LogP) is 4.00. The van der Waals surface area contributed by atoms with E-state index in [2.05, 4.69) is 26.5 Å². The Morgan fingerprint density at radius 1 is 1.21 bits per heavy atom. The van der Waals surface area contributed by atoms with Crippen molar-refractivity contribution in [2.24, 2.45) is 5.10 Å². The highest BCUT2D eigenvalue weighted by atomic mass is 79.9. The molecule has 0 aliphatic heterocycles. The summed E-state index contributed by atoms with van der Waals surface area (Å²) in [6.45, 7) is -0.311. The van der Waals surface area contributed by atoms with E-state index in [-0.39, 0.29) is 12.2 Å². The third-order valence-corrected chi connectivity index (χ3v) is 3.32. The summed E-state index contributed by atoms with van der Waals surface area (Å²) in [4.78, 5) is 11.6. The van der Waals surface area contributed by atoms with Crippen molar-refractivity contribution in [1.82, 2.24) is 5.43 Å². The number of rotatable bonds is 5. The van der Waals surface area contributed by atoms with Crippen LogP contribution >= 0.6 is 15.9 Å². The van der Waals surface area contributed by atoms with E-state index in [0.717, 1.165) is 16.8 Å². The van der Waals surface area contributed by atoms with Crippen LogP contribution in [0.15, 0.2) is 58.1 Å². The predicted molar refractivity (Wildman–Crippen MR) is 86.8 cm³/mol. The molecule has 0 fully saturated rings. The van der Waals surface area contributed by atoms with Gasteiger partial charge in [0.25, 0.3) is 5.91 Å². The summed E-state index contributed by atoms with van der Waals surface area (Å²) in [7, 11) is 0. The molecular weight excluding hydrogens is 389 g/mol. The van der Waals surface area contributed by atoms with Gasteiger partial charge in [-0.1, -0.05) is 40.2 Å². The Morgan fingerprint density at radius 3 is 2.67 bits per heavy atom. The van der Waals surface area contributed by atoms with Crippen LogP contribution in [-0.2, 0) is 11.0 Å². The Bertz CT molecular complexity index is 748. The zero-order valence-electron chi connectivity index (χ0n) is 12.2. The van der Waals surface area contributed by atoms with E-state index in [1.165, 1.54) is 18.2 Å². The maximum absolute atomic E-state index is 12.8. The first kappa shape index (κ1) is 18.0. The molecule has 2 rings (SSSR count). The van der Waals surface area contributed by atoms with E-state index in [1.54, 1.807) is 24.3 Å². The number of amides is 1. The summed E-state index contributed by atoms with van der Waals surface area (Å²) < 4.78 is 44.4. The molecule has 1 N–H and O–H groups in total. The molecular formula is C16H12BrF3N2O2. The molecule has 0 atom stereocenters. The van der Waals surface area contributed by atoms with Gasteiger partial charge in [0.1, 0.15) is 5.75 Å². The number of hydrogen-bond acceptors (Lipinski definition) is 3. The zero-order chi connectivity index (χ0) is 17.6. The number of nitrogens with zero attached hydrogens (tertiary/aromatic N) is 1. The van der Waals surface area contributed by atoms with Crippen molar-refractivity contribution in [1.29, 1.82) is 0 Å². The lowest BCUT2D eigenvalue weighted by atomic mass is 10.1. The van der Waals surface area contributed by atoms with E-state index in [4.69, 9.17) is 4.74 Å². The Morgan fingerprint density at radius 2 is 1.96 bits per heavy atom. The van der Waals surface area contributed by atoms with Crippen LogP contribution in [0.2, 0.25) is 0 Å². The third-order valence-electron chi connectivity index (χ3n) is 2.83. The molecule has 0 saturated heterocycles. The fourth-order valence-electron chi connectivity index (χ4n) is 1.78. The molecule has 0 spiro atoms. The molecule has 0 aliphatic rings. The first-order chi connectivity index (χ1) is 11.4. The Kier molecular flexibility index (Phi) is 5.97. The number of hydrogen-bond donors (Lipinski definition) is 1. The smallest absolute Gasteiger partial charge is 0.417 e. The highest BCUT2D eigenvalue weighted by Crippen LogP contribution is 2.31. The average molecular weight is 401 g/mol. The van der Waals surface area contributed by atoms with Crippen LogP contribution in [0.5, 0.6) is 5.75 Å². The maximum Gasteiger partial charge on any atom is 0.417 e. The van der Waals surface area contributed by atoms with Gasteiger partial charge in [0.2, 0.25) is 0 Å². The third kappa shape index (κ3) is 5.38. The number of halogens is 4. The molecule has 1 amide bonds. The maximum atomic E-state index is 12.8. The number of alkyl halides is 3. The number of nitrogens with one attached hydrogen (secondary N) is 1. The molecule has 0 unspecified atom stereocenters. The minimum Gasteiger partial charge on any atom is -0.484 e. The van der Waals surface area contributed by atoms with Crippen molar-refractivity contribution in [2.75, 3.05) is 6.61 Å². The van der Waals surface area contributed by atoms with E-state index < -0.39 is 17.6 Å². The second-order valence-electron chi connectivity index (χ2n) is 4.62. The summed E-state index contributed by atoms with van der Waals surface area (Å²) in [5, 5.41) is 3.53. The van der Waals surface area contributed by atoms with Crippen LogP contribution < -0.4 is 10.2 Å². The quantitative estimate of drug-likeness (QED) is 0.609. The molecule has 0 bridgehead atoms. The molecule has 2 aromatic rings. The van der Waals surface area contributed by atoms with Crippen LogP contribution in [0, 0.1) is 0 Å². The first-order valence-electron chi connectivity index (χ1n) is 6.73. The highest BCUT2D eigenvalue weighted by Gasteiger charge is 2.32. The summed E-state index contributed by atoms with van der Waals surface area (Å²) in [6.07, 6.45) is -3.55. The molecule has 4 nitrogen and oxygen atoms in total. The fourth-order valence-corrected chi connectivity index (χ4v) is 2.16. The van der Waals surface area contributed by atoms with Crippen LogP contribution in [0.25, 0.3) is 0 Å². The van der Waals surface area contributed by atoms with Crippen LogP contribution in [-0.4, -0.2) is 18.7 Å². The minimum absolute atomic E-state index is 0.141. The van der Waals surface area contributed by atoms with Gasteiger partial charge in [-0.25, -0.2) is 5.43 Å². The van der Waals surface area contributed by atoms with Crippen LogP contribution in [0.1, 0.15) is 11.1 Å². The monoisotopic (exact) mass is 400 g/mol. The Balaban J connectivity index is 1.91. The first-order valence-corrected chi connectivity index (χ1v) is 7.52. The number of carbonyl (C=O) groups is 1. The van der Waals surface area contributed by atoms with Crippen molar-refractivity contribution in [3.63, 3.8) is 0 Å². The summed E-state index contributed by atoms with van der Waals surface area (Å²) in [5.74, 6) is -0.110. The number of benzene rings is 2. The molecule has 24 heavy (non-hydrogen) atoms. The van der Waals surface area contributed by atoms with E-state index in [0.29, 0.717) is 5.75 Å². The largest absolute Gasteiger partial charge is 0.484 e. The molecule has 0 saturated carbocycles. The lowest BCUT2D eigenvalue weighted by Crippen LogP contribution is -2.24. The van der Waals surface area contributed by atoms with Crippen molar-refractivity contribution in [2.45, 2.75) is 6.18 Å². The zero-order valence-corrected chi connectivity index (χ0v) is 13.8. The molecule has 0 radical (unpaired) electrons. The minimum atomic E-state index is -4.49. The second kappa shape index (κ2) is 7.96. The van der Waals surface area contributed by atoms with Crippen molar-refractivity contribution >= 4 is 28.1 Å². The Labute approximate surface area is 144 Å². The van der Waals surface area contributed by atoms with E-state index in [9.17, 15) is 18.0 Å². The summed E-state index contributed by atoms with van der Waals surface area (Å²) in [6, 6.07) is 11.8. The number of carbonyl (C=O) groups excluding carboxylic acids is 1. The molecule has 8 heteroatoms. The van der Waals surface area contributed by atoms with Crippen molar-refractivity contribution in [3.05, 3.63) is 64.1 Å². The Hall–Kier alpha value is -2.35. The lowest BCUT2D eigenvalue weighted by Gasteiger charge is -2.09. The van der Waals surface area contributed by atoms with Gasteiger partial charge in [-0.3, -0.25) is 4.79 Å². The average Bonchev–Trinajstić information content (AvgIpc) is 2.52. The van der Waals surface area contributed by atoms with E-state index in [1.807, 2.05) is 0 Å². The lowest BCUT2D eigenvalue weighted by molar-refractivity contribution is -0.137.